The Morgan fingerprint density at radius 1 is 1.00 bits per heavy atom. The van der Waals surface area contributed by atoms with Crippen LogP contribution in [0.15, 0.2) is 6.07 Å². The Morgan fingerprint density at radius 2 is 1.63 bits per heavy atom. The monoisotopic (exact) mass is 281 g/mol. The quantitative estimate of drug-likeness (QED) is 0.461. The molecule has 0 bridgehead atoms. The molecule has 19 heavy (non-hydrogen) atoms. The predicted octanol–water partition coefficient (Wildman–Crippen LogP) is 6.26. The Morgan fingerprint density at radius 3 is 2.21 bits per heavy atom. The molecule has 1 atom stereocenters. The molecular formula is C17H31NS. The van der Waals surface area contributed by atoms with E-state index in [1.54, 1.807) is 11.5 Å². The van der Waals surface area contributed by atoms with Crippen LogP contribution in [0.5, 0.6) is 0 Å². The van der Waals surface area contributed by atoms with E-state index in [0.29, 0.717) is 5.41 Å². The lowest BCUT2D eigenvalue weighted by atomic mass is 9.78. The molecule has 1 aromatic heterocycles. The number of aryl methyl sites for hydroxylation is 1. The van der Waals surface area contributed by atoms with Gasteiger partial charge >= 0.3 is 0 Å². The third-order valence-electron chi connectivity index (χ3n) is 4.14. The first-order chi connectivity index (χ1) is 9.12. The summed E-state index contributed by atoms with van der Waals surface area (Å²) in [6.07, 6.45) is 12.2. The number of hydrogen-bond donors (Lipinski definition) is 0. The van der Waals surface area contributed by atoms with E-state index in [4.69, 9.17) is 0 Å². The molecular weight excluding hydrogens is 250 g/mol. The Kier molecular flexibility index (Phi) is 7.67. The van der Waals surface area contributed by atoms with Crippen LogP contribution in [-0.4, -0.2) is 4.37 Å². The number of rotatable bonds is 10. The van der Waals surface area contributed by atoms with Crippen molar-refractivity contribution in [1.29, 1.82) is 0 Å². The van der Waals surface area contributed by atoms with Crippen LogP contribution in [0.3, 0.4) is 0 Å². The van der Waals surface area contributed by atoms with Crippen molar-refractivity contribution in [2.24, 2.45) is 0 Å². The summed E-state index contributed by atoms with van der Waals surface area (Å²) in [5, 5.41) is 0. The average Bonchev–Trinajstić information content (AvgIpc) is 2.83. The van der Waals surface area contributed by atoms with Crippen LogP contribution in [0.1, 0.15) is 89.1 Å². The lowest BCUT2D eigenvalue weighted by Gasteiger charge is -2.28. The van der Waals surface area contributed by atoms with E-state index in [0.717, 1.165) is 0 Å². The van der Waals surface area contributed by atoms with Gasteiger partial charge in [0.05, 0.1) is 5.69 Å². The molecule has 0 fully saturated rings. The first-order valence-electron chi connectivity index (χ1n) is 8.06. The molecule has 110 valence electrons. The van der Waals surface area contributed by atoms with Gasteiger partial charge in [0, 0.05) is 10.3 Å². The van der Waals surface area contributed by atoms with Gasteiger partial charge in [-0.15, -0.1) is 0 Å². The Balaban J connectivity index is 2.54. The van der Waals surface area contributed by atoms with Gasteiger partial charge in [0.15, 0.2) is 0 Å². The minimum absolute atomic E-state index is 0.369. The zero-order chi connectivity index (χ0) is 14.1. The summed E-state index contributed by atoms with van der Waals surface area (Å²) in [5.41, 5.74) is 1.56. The molecule has 0 aliphatic carbocycles. The summed E-state index contributed by atoms with van der Waals surface area (Å²) < 4.78 is 4.49. The maximum atomic E-state index is 4.49. The van der Waals surface area contributed by atoms with E-state index in [9.17, 15) is 0 Å². The Labute approximate surface area is 124 Å². The molecule has 2 heteroatoms. The number of hydrogen-bond acceptors (Lipinski definition) is 2. The second-order valence-corrected chi connectivity index (χ2v) is 6.97. The molecule has 0 radical (unpaired) electrons. The average molecular weight is 282 g/mol. The summed E-state index contributed by atoms with van der Waals surface area (Å²) in [7, 11) is 0. The third kappa shape index (κ3) is 5.64. The molecule has 0 amide bonds. The van der Waals surface area contributed by atoms with Gasteiger partial charge in [0.25, 0.3) is 0 Å². The van der Waals surface area contributed by atoms with Gasteiger partial charge < -0.3 is 0 Å². The molecule has 1 rings (SSSR count). The van der Waals surface area contributed by atoms with Gasteiger partial charge in [0.1, 0.15) is 0 Å². The number of nitrogens with zero attached hydrogens (tertiary/aromatic N) is 1. The summed E-state index contributed by atoms with van der Waals surface area (Å²) >= 11 is 1.73. The molecule has 0 aliphatic rings. The van der Waals surface area contributed by atoms with E-state index in [-0.39, 0.29) is 0 Å². The lowest BCUT2D eigenvalue weighted by Crippen LogP contribution is -2.20. The molecule has 1 unspecified atom stereocenters. The second-order valence-electron chi connectivity index (χ2n) is 6.16. The fourth-order valence-electron chi connectivity index (χ4n) is 2.71. The Hall–Kier alpha value is -0.370. The van der Waals surface area contributed by atoms with Crippen molar-refractivity contribution in [3.63, 3.8) is 0 Å². The summed E-state index contributed by atoms with van der Waals surface area (Å²) in [5.74, 6) is 0. The highest BCUT2D eigenvalue weighted by Gasteiger charge is 2.27. The third-order valence-corrected chi connectivity index (χ3v) is 5.32. The minimum Gasteiger partial charge on any atom is -0.198 e. The first-order valence-corrected chi connectivity index (χ1v) is 8.83. The molecule has 0 aliphatic heterocycles. The maximum Gasteiger partial charge on any atom is 0.0514 e. The fraction of sp³-hybridized carbons (Fsp3) is 0.824. The highest BCUT2D eigenvalue weighted by molar-refractivity contribution is 7.06. The summed E-state index contributed by atoms with van der Waals surface area (Å²) in [6.45, 7) is 9.14. The van der Waals surface area contributed by atoms with E-state index < -0.39 is 0 Å². The molecule has 1 aromatic rings. The van der Waals surface area contributed by atoms with Crippen molar-refractivity contribution in [3.8, 4) is 0 Å². The minimum atomic E-state index is 0.369. The highest BCUT2D eigenvalue weighted by atomic mass is 32.1. The number of unbranched alkanes of at least 4 members (excludes halogenated alkanes) is 5. The Bertz CT molecular complexity index is 345. The fourth-order valence-corrected chi connectivity index (χ4v) is 3.65. The van der Waals surface area contributed by atoms with Gasteiger partial charge in [-0.1, -0.05) is 65.7 Å². The number of aromatic nitrogens is 1. The van der Waals surface area contributed by atoms with Gasteiger partial charge in [-0.3, -0.25) is 0 Å². The van der Waals surface area contributed by atoms with Crippen molar-refractivity contribution in [3.05, 3.63) is 16.6 Å². The van der Waals surface area contributed by atoms with Gasteiger partial charge in [-0.25, -0.2) is 0 Å². The SMILES string of the molecule is CCCCCCCC(C)(CCCC)c1cc(C)ns1. The molecule has 0 saturated carbocycles. The molecule has 1 heterocycles. The van der Waals surface area contributed by atoms with Crippen LogP contribution in [0.2, 0.25) is 0 Å². The lowest BCUT2D eigenvalue weighted by molar-refractivity contribution is 0.374. The van der Waals surface area contributed by atoms with Crippen molar-refractivity contribution >= 4 is 11.5 Å². The highest BCUT2D eigenvalue weighted by Crippen LogP contribution is 2.37. The largest absolute Gasteiger partial charge is 0.198 e. The van der Waals surface area contributed by atoms with Crippen molar-refractivity contribution in [2.75, 3.05) is 0 Å². The standard InChI is InChI=1S/C17H31NS/c1-5-7-9-10-11-13-17(4,12-8-6-2)16-14-15(3)18-19-16/h14H,5-13H2,1-4H3. The van der Waals surface area contributed by atoms with E-state index in [2.05, 4.69) is 38.1 Å². The second kappa shape index (κ2) is 8.73. The van der Waals surface area contributed by atoms with Crippen LogP contribution in [0.4, 0.5) is 0 Å². The van der Waals surface area contributed by atoms with E-state index in [1.807, 2.05) is 0 Å². The normalized spacial score (nSPS) is 14.5. The van der Waals surface area contributed by atoms with Gasteiger partial charge in [-0.2, -0.15) is 4.37 Å². The van der Waals surface area contributed by atoms with Crippen LogP contribution in [0, 0.1) is 6.92 Å². The molecule has 0 saturated heterocycles. The van der Waals surface area contributed by atoms with Gasteiger partial charge in [0.2, 0.25) is 0 Å². The zero-order valence-electron chi connectivity index (χ0n) is 13.3. The smallest absolute Gasteiger partial charge is 0.0514 e. The molecule has 1 nitrogen and oxygen atoms in total. The van der Waals surface area contributed by atoms with Crippen molar-refractivity contribution in [2.45, 2.75) is 90.9 Å². The van der Waals surface area contributed by atoms with E-state index in [1.165, 1.54) is 68.4 Å². The topological polar surface area (TPSA) is 12.9 Å². The summed E-state index contributed by atoms with van der Waals surface area (Å²) in [4.78, 5) is 1.51. The first kappa shape index (κ1) is 16.7. The van der Waals surface area contributed by atoms with Crippen LogP contribution >= 0.6 is 11.5 Å². The van der Waals surface area contributed by atoms with E-state index >= 15 is 0 Å². The molecule has 0 spiro atoms. The van der Waals surface area contributed by atoms with Crippen LogP contribution < -0.4 is 0 Å². The molecule has 0 aromatic carbocycles. The molecule has 0 N–H and O–H groups in total. The van der Waals surface area contributed by atoms with Crippen molar-refractivity contribution < 1.29 is 0 Å². The van der Waals surface area contributed by atoms with Gasteiger partial charge in [-0.05, 0) is 37.4 Å². The summed E-state index contributed by atoms with van der Waals surface area (Å²) in [6, 6.07) is 2.31. The van der Waals surface area contributed by atoms with Crippen LogP contribution in [0.25, 0.3) is 0 Å². The van der Waals surface area contributed by atoms with Crippen LogP contribution in [-0.2, 0) is 5.41 Å². The zero-order valence-corrected chi connectivity index (χ0v) is 14.1. The maximum absolute atomic E-state index is 4.49. The predicted molar refractivity (Wildman–Crippen MR) is 87.1 cm³/mol. The van der Waals surface area contributed by atoms with Crippen molar-refractivity contribution in [1.82, 2.24) is 4.37 Å².